The molecular formula is C16H22FNO. The topological polar surface area (TPSA) is 23.5 Å². The van der Waals surface area contributed by atoms with Crippen LogP contribution in [0.5, 0.6) is 0 Å². The van der Waals surface area contributed by atoms with Crippen LogP contribution in [0, 0.1) is 5.82 Å². The Morgan fingerprint density at radius 1 is 1.37 bits per heavy atom. The summed E-state index contributed by atoms with van der Waals surface area (Å²) in [5.74, 6) is -0.206. The smallest absolute Gasteiger partial charge is 0.123 e. The second kappa shape index (κ2) is 6.83. The second-order valence-electron chi connectivity index (χ2n) is 5.25. The Labute approximate surface area is 114 Å². The number of nitrogens with zero attached hydrogens (tertiary/aromatic N) is 1. The third kappa shape index (κ3) is 4.15. The van der Waals surface area contributed by atoms with Crippen molar-refractivity contribution >= 4 is 6.08 Å². The zero-order valence-electron chi connectivity index (χ0n) is 11.4. The average molecular weight is 263 g/mol. The van der Waals surface area contributed by atoms with Gasteiger partial charge in [-0.2, -0.15) is 0 Å². The summed E-state index contributed by atoms with van der Waals surface area (Å²) in [6, 6.07) is 6.76. The summed E-state index contributed by atoms with van der Waals surface area (Å²) in [5, 5.41) is 9.79. The lowest BCUT2D eigenvalue weighted by atomic mass is 9.98. The van der Waals surface area contributed by atoms with E-state index in [0.717, 1.165) is 25.1 Å². The second-order valence-corrected chi connectivity index (χ2v) is 5.25. The lowest BCUT2D eigenvalue weighted by Crippen LogP contribution is -2.45. The van der Waals surface area contributed by atoms with Crippen molar-refractivity contribution in [1.29, 1.82) is 0 Å². The Balaban J connectivity index is 1.91. The molecule has 1 aliphatic heterocycles. The van der Waals surface area contributed by atoms with Crippen molar-refractivity contribution in [2.75, 3.05) is 13.1 Å². The van der Waals surface area contributed by atoms with E-state index in [1.807, 2.05) is 13.0 Å². The van der Waals surface area contributed by atoms with Crippen molar-refractivity contribution in [3.8, 4) is 0 Å². The largest absolute Gasteiger partial charge is 0.392 e. The molecule has 104 valence electrons. The minimum Gasteiger partial charge on any atom is -0.392 e. The molecule has 19 heavy (non-hydrogen) atoms. The van der Waals surface area contributed by atoms with Crippen LogP contribution in [-0.2, 0) is 0 Å². The van der Waals surface area contributed by atoms with E-state index in [1.165, 1.54) is 25.0 Å². The predicted octanol–water partition coefficient (Wildman–Crippen LogP) is 3.07. The van der Waals surface area contributed by atoms with Gasteiger partial charge in [0.25, 0.3) is 0 Å². The van der Waals surface area contributed by atoms with E-state index in [4.69, 9.17) is 0 Å². The number of rotatable bonds is 4. The maximum Gasteiger partial charge on any atom is 0.123 e. The summed E-state index contributed by atoms with van der Waals surface area (Å²) in [4.78, 5) is 2.33. The molecule has 2 nitrogen and oxygen atoms in total. The zero-order valence-corrected chi connectivity index (χ0v) is 11.4. The Morgan fingerprint density at radius 3 is 2.79 bits per heavy atom. The number of likely N-dealkylation sites (tertiary alicyclic amines) is 1. The monoisotopic (exact) mass is 263 g/mol. The highest BCUT2D eigenvalue weighted by atomic mass is 19.1. The number of aliphatic hydroxyl groups excluding tert-OH is 1. The molecule has 2 rings (SSSR count). The normalized spacial score (nSPS) is 22.8. The minimum atomic E-state index is -0.278. The van der Waals surface area contributed by atoms with E-state index in [9.17, 15) is 9.50 Å². The van der Waals surface area contributed by atoms with Crippen LogP contribution in [0.15, 0.2) is 30.3 Å². The lowest BCUT2D eigenvalue weighted by Gasteiger charge is -2.36. The van der Waals surface area contributed by atoms with Crippen LogP contribution in [0.25, 0.3) is 6.08 Å². The van der Waals surface area contributed by atoms with Crippen LogP contribution in [0.4, 0.5) is 4.39 Å². The third-order valence-electron chi connectivity index (χ3n) is 3.74. The van der Waals surface area contributed by atoms with Gasteiger partial charge in [-0.1, -0.05) is 30.7 Å². The SMILES string of the molecule is CC(O)C1CCCCN1C/C=C/c1ccc(F)cc1. The van der Waals surface area contributed by atoms with E-state index < -0.39 is 0 Å². The van der Waals surface area contributed by atoms with E-state index in [1.54, 1.807) is 12.1 Å². The van der Waals surface area contributed by atoms with Gasteiger partial charge in [-0.25, -0.2) is 4.39 Å². The average Bonchev–Trinajstić information content (AvgIpc) is 2.41. The van der Waals surface area contributed by atoms with Gasteiger partial charge in [0.2, 0.25) is 0 Å². The molecule has 0 spiro atoms. The fourth-order valence-electron chi connectivity index (χ4n) is 2.69. The molecule has 0 amide bonds. The van der Waals surface area contributed by atoms with Crippen molar-refractivity contribution in [2.45, 2.75) is 38.3 Å². The third-order valence-corrected chi connectivity index (χ3v) is 3.74. The molecule has 1 fully saturated rings. The number of halogens is 1. The van der Waals surface area contributed by atoms with Crippen LogP contribution < -0.4 is 0 Å². The van der Waals surface area contributed by atoms with E-state index in [-0.39, 0.29) is 18.0 Å². The summed E-state index contributed by atoms with van der Waals surface area (Å²) in [6.07, 6.45) is 7.30. The molecule has 1 saturated heterocycles. The minimum absolute atomic E-state index is 0.206. The molecule has 2 atom stereocenters. The molecule has 2 unspecified atom stereocenters. The molecule has 1 aromatic carbocycles. The summed E-state index contributed by atoms with van der Waals surface area (Å²) < 4.78 is 12.8. The predicted molar refractivity (Wildman–Crippen MR) is 76.3 cm³/mol. The molecule has 1 heterocycles. The number of aliphatic hydroxyl groups is 1. The van der Waals surface area contributed by atoms with Crippen molar-refractivity contribution in [3.63, 3.8) is 0 Å². The quantitative estimate of drug-likeness (QED) is 0.902. The summed E-state index contributed by atoms with van der Waals surface area (Å²) in [5.41, 5.74) is 1.01. The first-order valence-corrected chi connectivity index (χ1v) is 7.01. The molecular weight excluding hydrogens is 241 g/mol. The maximum atomic E-state index is 12.8. The molecule has 0 bridgehead atoms. The highest BCUT2D eigenvalue weighted by molar-refractivity contribution is 5.48. The summed E-state index contributed by atoms with van der Waals surface area (Å²) >= 11 is 0. The number of hydrogen-bond acceptors (Lipinski definition) is 2. The molecule has 1 aliphatic rings. The molecule has 0 aliphatic carbocycles. The van der Waals surface area contributed by atoms with Crippen LogP contribution in [0.3, 0.4) is 0 Å². The Hall–Kier alpha value is -1.19. The van der Waals surface area contributed by atoms with Crippen molar-refractivity contribution < 1.29 is 9.50 Å². The van der Waals surface area contributed by atoms with Crippen molar-refractivity contribution in [2.24, 2.45) is 0 Å². The highest BCUT2D eigenvalue weighted by Crippen LogP contribution is 2.19. The number of piperidine rings is 1. The van der Waals surface area contributed by atoms with Gasteiger partial charge in [0.1, 0.15) is 5.82 Å². The van der Waals surface area contributed by atoms with Crippen LogP contribution in [0.1, 0.15) is 31.7 Å². The van der Waals surface area contributed by atoms with Gasteiger partial charge >= 0.3 is 0 Å². The van der Waals surface area contributed by atoms with Gasteiger partial charge in [0, 0.05) is 12.6 Å². The summed E-state index contributed by atoms with van der Waals surface area (Å²) in [6.45, 7) is 3.75. The molecule has 1 aromatic rings. The van der Waals surface area contributed by atoms with Crippen molar-refractivity contribution in [1.82, 2.24) is 4.90 Å². The Kier molecular flexibility index (Phi) is 5.11. The van der Waals surface area contributed by atoms with Crippen molar-refractivity contribution in [3.05, 3.63) is 41.7 Å². The first-order valence-electron chi connectivity index (χ1n) is 7.01. The van der Waals surface area contributed by atoms with Gasteiger partial charge in [-0.15, -0.1) is 0 Å². The van der Waals surface area contributed by atoms with Gasteiger partial charge in [0.15, 0.2) is 0 Å². The van der Waals surface area contributed by atoms with E-state index >= 15 is 0 Å². The van der Waals surface area contributed by atoms with Gasteiger partial charge < -0.3 is 5.11 Å². The van der Waals surface area contributed by atoms with Gasteiger partial charge in [-0.05, 0) is 44.0 Å². The fraction of sp³-hybridized carbons (Fsp3) is 0.500. The zero-order chi connectivity index (χ0) is 13.7. The fourth-order valence-corrected chi connectivity index (χ4v) is 2.69. The van der Waals surface area contributed by atoms with Crippen LogP contribution in [0.2, 0.25) is 0 Å². The molecule has 0 saturated carbocycles. The van der Waals surface area contributed by atoms with Gasteiger partial charge in [-0.3, -0.25) is 4.90 Å². The molecule has 0 radical (unpaired) electrons. The van der Waals surface area contributed by atoms with Gasteiger partial charge in [0.05, 0.1) is 6.10 Å². The molecule has 1 N–H and O–H groups in total. The van der Waals surface area contributed by atoms with E-state index in [0.29, 0.717) is 0 Å². The maximum absolute atomic E-state index is 12.8. The standard InChI is InChI=1S/C16H22FNO/c1-13(19)16-6-2-3-11-18(16)12-4-5-14-7-9-15(17)10-8-14/h4-5,7-10,13,16,19H,2-3,6,11-12H2,1H3/b5-4+. The molecule has 0 aromatic heterocycles. The molecule has 3 heteroatoms. The first kappa shape index (κ1) is 14.2. The highest BCUT2D eigenvalue weighted by Gasteiger charge is 2.24. The number of hydrogen-bond donors (Lipinski definition) is 1. The van der Waals surface area contributed by atoms with Crippen LogP contribution >= 0.6 is 0 Å². The Morgan fingerprint density at radius 2 is 2.11 bits per heavy atom. The lowest BCUT2D eigenvalue weighted by molar-refractivity contribution is 0.0439. The van der Waals surface area contributed by atoms with E-state index in [2.05, 4.69) is 11.0 Å². The first-order chi connectivity index (χ1) is 9.16. The Bertz CT molecular complexity index is 413. The number of benzene rings is 1. The van der Waals surface area contributed by atoms with Crippen LogP contribution in [-0.4, -0.2) is 35.2 Å². The summed E-state index contributed by atoms with van der Waals surface area (Å²) in [7, 11) is 0.